The van der Waals surface area contributed by atoms with Crippen LogP contribution in [0.15, 0.2) is 42.1 Å². The van der Waals surface area contributed by atoms with Crippen LogP contribution >= 0.6 is 23.4 Å². The van der Waals surface area contributed by atoms with Gasteiger partial charge >= 0.3 is 0 Å². The molecule has 4 nitrogen and oxygen atoms in total. The third kappa shape index (κ3) is 3.85. The Labute approximate surface area is 127 Å². The van der Waals surface area contributed by atoms with Gasteiger partial charge in [0.1, 0.15) is 6.61 Å². The molecule has 0 spiro atoms. The first-order chi connectivity index (χ1) is 9.74. The van der Waals surface area contributed by atoms with Crippen LogP contribution in [0.3, 0.4) is 0 Å². The van der Waals surface area contributed by atoms with Crippen molar-refractivity contribution in [3.8, 4) is 0 Å². The molecule has 1 aromatic heterocycles. The monoisotopic (exact) mass is 309 g/mol. The lowest BCUT2D eigenvalue weighted by Gasteiger charge is -2.07. The molecular weight excluding hydrogens is 294 g/mol. The zero-order valence-corrected chi connectivity index (χ0v) is 12.8. The average molecular weight is 310 g/mol. The van der Waals surface area contributed by atoms with E-state index in [0.717, 1.165) is 21.8 Å². The minimum atomic E-state index is 0.447. The molecule has 0 atom stereocenters. The van der Waals surface area contributed by atoms with Crippen LogP contribution in [0.25, 0.3) is 0 Å². The van der Waals surface area contributed by atoms with E-state index in [4.69, 9.17) is 16.3 Å². The van der Waals surface area contributed by atoms with Crippen LogP contribution in [0.2, 0.25) is 5.02 Å². The van der Waals surface area contributed by atoms with Crippen LogP contribution in [-0.4, -0.2) is 21.9 Å². The van der Waals surface area contributed by atoms with Crippen LogP contribution in [0, 0.1) is 0 Å². The first kappa shape index (κ1) is 15.1. The summed E-state index contributed by atoms with van der Waals surface area (Å²) in [6.45, 7) is 4.89. The van der Waals surface area contributed by atoms with Gasteiger partial charge in [0.15, 0.2) is 11.0 Å². The molecule has 0 fully saturated rings. The highest BCUT2D eigenvalue weighted by molar-refractivity contribution is 7.98. The number of thioether (sulfide) groups is 1. The van der Waals surface area contributed by atoms with Crippen molar-refractivity contribution in [2.75, 3.05) is 7.11 Å². The number of hydrogen-bond donors (Lipinski definition) is 0. The predicted molar refractivity (Wildman–Crippen MR) is 81.9 cm³/mol. The Morgan fingerprint density at radius 3 is 2.75 bits per heavy atom. The maximum absolute atomic E-state index is 5.88. The molecule has 0 aliphatic carbocycles. The number of halogens is 1. The van der Waals surface area contributed by atoms with Gasteiger partial charge in [-0.25, -0.2) is 0 Å². The highest BCUT2D eigenvalue weighted by Gasteiger charge is 2.11. The van der Waals surface area contributed by atoms with E-state index in [9.17, 15) is 0 Å². The molecule has 0 aliphatic heterocycles. The summed E-state index contributed by atoms with van der Waals surface area (Å²) < 4.78 is 7.13. The fraction of sp³-hybridized carbons (Fsp3) is 0.286. The SMILES string of the molecule is C=CCn1c(COC)nnc1SCc1ccc(Cl)cc1. The Kier molecular flexibility index (Phi) is 5.64. The lowest BCUT2D eigenvalue weighted by molar-refractivity contribution is 0.174. The zero-order valence-electron chi connectivity index (χ0n) is 11.3. The van der Waals surface area contributed by atoms with E-state index in [2.05, 4.69) is 16.8 Å². The van der Waals surface area contributed by atoms with Crippen molar-refractivity contribution in [1.82, 2.24) is 14.8 Å². The van der Waals surface area contributed by atoms with Crippen LogP contribution in [0.4, 0.5) is 0 Å². The standard InChI is InChI=1S/C14H16ClN3OS/c1-3-8-18-13(9-19-2)16-17-14(18)20-10-11-4-6-12(15)7-5-11/h3-7H,1,8-10H2,2H3. The van der Waals surface area contributed by atoms with Gasteiger partial charge in [-0.15, -0.1) is 16.8 Å². The summed E-state index contributed by atoms with van der Waals surface area (Å²) in [5.74, 6) is 1.63. The quantitative estimate of drug-likeness (QED) is 0.579. The van der Waals surface area contributed by atoms with Gasteiger partial charge in [-0.3, -0.25) is 0 Å². The molecule has 1 heterocycles. The van der Waals surface area contributed by atoms with Gasteiger partial charge in [0, 0.05) is 24.4 Å². The zero-order chi connectivity index (χ0) is 14.4. The predicted octanol–water partition coefficient (Wildman–Crippen LogP) is 3.56. The molecule has 0 saturated heterocycles. The summed E-state index contributed by atoms with van der Waals surface area (Å²) in [5, 5.41) is 9.97. The van der Waals surface area contributed by atoms with E-state index in [1.54, 1.807) is 18.9 Å². The molecule has 0 bridgehead atoms. The number of methoxy groups -OCH3 is 1. The number of ether oxygens (including phenoxy) is 1. The Balaban J connectivity index is 2.08. The molecule has 0 unspecified atom stereocenters. The van der Waals surface area contributed by atoms with Crippen molar-refractivity contribution in [1.29, 1.82) is 0 Å². The molecule has 0 radical (unpaired) electrons. The first-order valence-corrected chi connectivity index (χ1v) is 7.50. The molecule has 0 N–H and O–H groups in total. The Morgan fingerprint density at radius 1 is 1.35 bits per heavy atom. The first-order valence-electron chi connectivity index (χ1n) is 6.13. The average Bonchev–Trinajstić information content (AvgIpc) is 2.82. The van der Waals surface area contributed by atoms with Crippen LogP contribution in [0.1, 0.15) is 11.4 Å². The molecule has 0 saturated carbocycles. The number of aromatic nitrogens is 3. The highest BCUT2D eigenvalue weighted by atomic mass is 35.5. The van der Waals surface area contributed by atoms with Gasteiger partial charge in [0.2, 0.25) is 0 Å². The summed E-state index contributed by atoms with van der Waals surface area (Å²) in [5.41, 5.74) is 1.20. The molecule has 1 aromatic carbocycles. The van der Waals surface area contributed by atoms with Gasteiger partial charge in [-0.2, -0.15) is 0 Å². The number of allylic oxidation sites excluding steroid dienone is 1. The lowest BCUT2D eigenvalue weighted by atomic mass is 10.2. The van der Waals surface area contributed by atoms with Crippen molar-refractivity contribution in [3.63, 3.8) is 0 Å². The van der Waals surface area contributed by atoms with Gasteiger partial charge in [-0.05, 0) is 17.7 Å². The van der Waals surface area contributed by atoms with Gasteiger partial charge in [0.05, 0.1) is 0 Å². The fourth-order valence-electron chi connectivity index (χ4n) is 1.70. The minimum Gasteiger partial charge on any atom is -0.377 e. The summed E-state index contributed by atoms with van der Waals surface area (Å²) >= 11 is 7.51. The van der Waals surface area contributed by atoms with Crippen LogP contribution in [-0.2, 0) is 23.6 Å². The van der Waals surface area contributed by atoms with E-state index < -0.39 is 0 Å². The van der Waals surface area contributed by atoms with Gasteiger partial charge in [-0.1, -0.05) is 41.6 Å². The Bertz CT molecular complexity index is 568. The lowest BCUT2D eigenvalue weighted by Crippen LogP contribution is -2.04. The number of nitrogens with zero attached hydrogens (tertiary/aromatic N) is 3. The highest BCUT2D eigenvalue weighted by Crippen LogP contribution is 2.23. The molecule has 20 heavy (non-hydrogen) atoms. The Hall–Kier alpha value is -1.30. The molecule has 0 aliphatic rings. The minimum absolute atomic E-state index is 0.447. The largest absolute Gasteiger partial charge is 0.377 e. The van der Waals surface area contributed by atoms with Crippen molar-refractivity contribution in [3.05, 3.63) is 53.3 Å². The third-order valence-electron chi connectivity index (χ3n) is 2.66. The van der Waals surface area contributed by atoms with Gasteiger partial charge in [0.25, 0.3) is 0 Å². The maximum Gasteiger partial charge on any atom is 0.191 e. The van der Waals surface area contributed by atoms with E-state index in [1.165, 1.54) is 5.56 Å². The summed E-state index contributed by atoms with van der Waals surface area (Å²) in [6, 6.07) is 7.81. The van der Waals surface area contributed by atoms with Crippen molar-refractivity contribution >= 4 is 23.4 Å². The fourth-order valence-corrected chi connectivity index (χ4v) is 2.75. The molecule has 2 rings (SSSR count). The van der Waals surface area contributed by atoms with E-state index in [0.29, 0.717) is 13.2 Å². The number of hydrogen-bond acceptors (Lipinski definition) is 4. The number of rotatable bonds is 7. The molecule has 0 amide bonds. The number of benzene rings is 1. The molecular formula is C14H16ClN3OS. The normalized spacial score (nSPS) is 10.7. The van der Waals surface area contributed by atoms with E-state index >= 15 is 0 Å². The summed E-state index contributed by atoms with van der Waals surface area (Å²) in [4.78, 5) is 0. The summed E-state index contributed by atoms with van der Waals surface area (Å²) in [6.07, 6.45) is 1.83. The molecule has 6 heteroatoms. The second-order valence-electron chi connectivity index (χ2n) is 4.15. The Morgan fingerprint density at radius 2 is 2.10 bits per heavy atom. The van der Waals surface area contributed by atoms with Crippen molar-refractivity contribution < 1.29 is 4.74 Å². The second-order valence-corrected chi connectivity index (χ2v) is 5.53. The van der Waals surface area contributed by atoms with Gasteiger partial charge < -0.3 is 9.30 Å². The maximum atomic E-state index is 5.88. The molecule has 106 valence electrons. The second kappa shape index (κ2) is 7.47. The summed E-state index contributed by atoms with van der Waals surface area (Å²) in [7, 11) is 1.65. The molecule has 2 aromatic rings. The topological polar surface area (TPSA) is 39.9 Å². The van der Waals surface area contributed by atoms with E-state index in [-0.39, 0.29) is 0 Å². The van der Waals surface area contributed by atoms with Crippen LogP contribution in [0.5, 0.6) is 0 Å². The van der Waals surface area contributed by atoms with Crippen molar-refractivity contribution in [2.45, 2.75) is 24.1 Å². The van der Waals surface area contributed by atoms with E-state index in [1.807, 2.05) is 34.9 Å². The smallest absolute Gasteiger partial charge is 0.191 e. The van der Waals surface area contributed by atoms with Crippen LogP contribution < -0.4 is 0 Å². The third-order valence-corrected chi connectivity index (χ3v) is 3.95. The van der Waals surface area contributed by atoms with Crippen molar-refractivity contribution in [2.24, 2.45) is 0 Å².